The van der Waals surface area contributed by atoms with Crippen LogP contribution in [-0.2, 0) is 6.54 Å². The maximum Gasteiger partial charge on any atom is 0.266 e. The Balaban J connectivity index is 1.56. The summed E-state index contributed by atoms with van der Waals surface area (Å²) in [6.45, 7) is 2.45. The first kappa shape index (κ1) is 27.4. The van der Waals surface area contributed by atoms with Gasteiger partial charge in [0, 0.05) is 46.0 Å². The van der Waals surface area contributed by atoms with Gasteiger partial charge >= 0.3 is 0 Å². The number of aromatic nitrogens is 1. The van der Waals surface area contributed by atoms with Crippen molar-refractivity contribution in [3.05, 3.63) is 75.8 Å². The van der Waals surface area contributed by atoms with Crippen molar-refractivity contribution in [3.63, 3.8) is 0 Å². The fourth-order valence-corrected chi connectivity index (χ4v) is 7.24. The number of ether oxygens (including phenoxy) is 2. The minimum absolute atomic E-state index is 0.0278. The molecular weight excluding hydrogens is 530 g/mol. The van der Waals surface area contributed by atoms with Crippen LogP contribution < -0.4 is 14.8 Å². The zero-order chi connectivity index (χ0) is 27.5. The molecule has 1 N–H and O–H groups in total. The lowest BCUT2D eigenvalue weighted by Gasteiger charge is -2.37. The minimum Gasteiger partial charge on any atom is -0.496 e. The molecule has 39 heavy (non-hydrogen) atoms. The Morgan fingerprint density at radius 2 is 1.90 bits per heavy atom. The van der Waals surface area contributed by atoms with E-state index in [0.717, 1.165) is 63.8 Å². The van der Waals surface area contributed by atoms with E-state index < -0.39 is 0 Å². The Morgan fingerprint density at radius 1 is 1.10 bits per heavy atom. The van der Waals surface area contributed by atoms with Gasteiger partial charge < -0.3 is 19.7 Å². The van der Waals surface area contributed by atoms with Gasteiger partial charge in [0.25, 0.3) is 5.91 Å². The van der Waals surface area contributed by atoms with Gasteiger partial charge in [0.15, 0.2) is 0 Å². The molecule has 1 amide bonds. The topological polar surface area (TPSA) is 63.7 Å². The van der Waals surface area contributed by atoms with Crippen molar-refractivity contribution in [3.8, 4) is 22.8 Å². The summed E-state index contributed by atoms with van der Waals surface area (Å²) in [4.78, 5) is 21.3. The Morgan fingerprint density at radius 3 is 2.59 bits per heavy atom. The molecule has 1 aliphatic rings. The summed E-state index contributed by atoms with van der Waals surface area (Å²) in [7, 11) is 5.30. The first-order valence-corrected chi connectivity index (χ1v) is 14.5. The van der Waals surface area contributed by atoms with E-state index in [1.54, 1.807) is 20.4 Å². The van der Waals surface area contributed by atoms with Crippen LogP contribution in [0.15, 0.2) is 54.7 Å². The number of aryl methyl sites for hydroxylation is 1. The number of rotatable bonds is 8. The SMILES string of the molecule is CNC1CCC(N(Cc2cc(-c3cccnc3OC)ccc2OC)C(=O)c2sc3cccc(C)c3c2Cl)CC1. The van der Waals surface area contributed by atoms with Gasteiger partial charge in [0.2, 0.25) is 5.88 Å². The number of benzene rings is 2. The zero-order valence-corrected chi connectivity index (χ0v) is 24.4. The van der Waals surface area contributed by atoms with E-state index in [9.17, 15) is 4.79 Å². The van der Waals surface area contributed by atoms with Crippen LogP contribution in [0.4, 0.5) is 0 Å². The smallest absolute Gasteiger partial charge is 0.266 e. The average Bonchev–Trinajstić information content (AvgIpc) is 3.32. The zero-order valence-electron chi connectivity index (χ0n) is 22.8. The van der Waals surface area contributed by atoms with E-state index in [0.29, 0.717) is 28.4 Å². The molecule has 0 unspecified atom stereocenters. The van der Waals surface area contributed by atoms with Gasteiger partial charge in [-0.1, -0.05) is 29.8 Å². The summed E-state index contributed by atoms with van der Waals surface area (Å²) >= 11 is 8.37. The molecule has 2 heterocycles. The van der Waals surface area contributed by atoms with Gasteiger partial charge in [-0.05, 0) is 81.1 Å². The first-order chi connectivity index (χ1) is 18.9. The van der Waals surface area contributed by atoms with Crippen molar-refractivity contribution < 1.29 is 14.3 Å². The van der Waals surface area contributed by atoms with Crippen molar-refractivity contribution >= 4 is 38.9 Å². The number of nitrogens with zero attached hydrogens (tertiary/aromatic N) is 2. The summed E-state index contributed by atoms with van der Waals surface area (Å²) in [5.74, 6) is 1.26. The Labute approximate surface area is 238 Å². The summed E-state index contributed by atoms with van der Waals surface area (Å²) in [6.07, 6.45) is 5.61. The highest BCUT2D eigenvalue weighted by molar-refractivity contribution is 7.21. The predicted molar refractivity (Wildman–Crippen MR) is 159 cm³/mol. The number of pyridine rings is 1. The van der Waals surface area contributed by atoms with E-state index in [-0.39, 0.29) is 11.9 Å². The van der Waals surface area contributed by atoms with Crippen LogP contribution in [0.3, 0.4) is 0 Å². The Kier molecular flexibility index (Phi) is 8.40. The van der Waals surface area contributed by atoms with E-state index >= 15 is 0 Å². The number of hydrogen-bond acceptors (Lipinski definition) is 6. The summed E-state index contributed by atoms with van der Waals surface area (Å²) in [5, 5.41) is 4.92. The van der Waals surface area contributed by atoms with Crippen LogP contribution in [0.2, 0.25) is 5.02 Å². The van der Waals surface area contributed by atoms with Crippen LogP contribution in [0.25, 0.3) is 21.2 Å². The van der Waals surface area contributed by atoms with Crippen LogP contribution in [0, 0.1) is 6.92 Å². The van der Waals surface area contributed by atoms with Gasteiger partial charge in [-0.15, -0.1) is 11.3 Å². The molecule has 8 heteroatoms. The molecule has 204 valence electrons. The van der Waals surface area contributed by atoms with E-state index in [1.165, 1.54) is 11.3 Å². The fourth-order valence-electron chi connectivity index (χ4n) is 5.61. The van der Waals surface area contributed by atoms with Gasteiger partial charge in [-0.25, -0.2) is 4.98 Å². The third kappa shape index (κ3) is 5.49. The van der Waals surface area contributed by atoms with Crippen LogP contribution in [0.1, 0.15) is 46.5 Å². The maximum absolute atomic E-state index is 14.3. The number of carbonyl (C=O) groups excluding carboxylic acids is 1. The molecule has 1 aliphatic carbocycles. The molecule has 2 aromatic heterocycles. The van der Waals surface area contributed by atoms with E-state index in [1.807, 2.05) is 61.3 Å². The standard InChI is InChI=1S/C31H34ClN3O3S/c1-19-7-5-9-26-27(19)28(32)29(39-26)31(36)35(23-13-11-22(33-2)12-14-23)18-21-17-20(10-15-25(21)37-3)24-8-6-16-34-30(24)38-4/h5-10,15-17,22-23,33H,11-14,18H2,1-4H3. The number of nitrogens with one attached hydrogen (secondary N) is 1. The fraction of sp³-hybridized carbons (Fsp3) is 0.355. The number of methoxy groups -OCH3 is 2. The average molecular weight is 564 g/mol. The monoisotopic (exact) mass is 563 g/mol. The molecule has 4 aromatic rings. The minimum atomic E-state index is -0.0278. The van der Waals surface area contributed by atoms with Gasteiger partial charge in [-0.2, -0.15) is 0 Å². The highest BCUT2D eigenvalue weighted by Gasteiger charge is 2.32. The second-order valence-corrected chi connectivity index (χ2v) is 11.4. The van der Waals surface area contributed by atoms with Crippen molar-refractivity contribution in [2.24, 2.45) is 0 Å². The molecular formula is C31H34ClN3O3S. The van der Waals surface area contributed by atoms with Crippen molar-refractivity contribution in [2.75, 3.05) is 21.3 Å². The summed E-state index contributed by atoms with van der Waals surface area (Å²) in [6, 6.07) is 16.6. The summed E-state index contributed by atoms with van der Waals surface area (Å²) < 4.78 is 12.3. The lowest BCUT2D eigenvalue weighted by molar-refractivity contribution is 0.0604. The lowest BCUT2D eigenvalue weighted by Crippen LogP contribution is -2.44. The van der Waals surface area contributed by atoms with Crippen LogP contribution in [-0.4, -0.2) is 49.1 Å². The third-order valence-corrected chi connectivity index (χ3v) is 9.40. The number of carbonyl (C=O) groups is 1. The highest BCUT2D eigenvalue weighted by Crippen LogP contribution is 2.40. The number of halogens is 1. The second kappa shape index (κ2) is 11.9. The number of thiophene rings is 1. The third-order valence-electron chi connectivity index (χ3n) is 7.76. The van der Waals surface area contributed by atoms with Gasteiger partial charge in [0.1, 0.15) is 10.6 Å². The number of hydrogen-bond donors (Lipinski definition) is 1. The van der Waals surface area contributed by atoms with E-state index in [2.05, 4.69) is 16.4 Å². The van der Waals surface area contributed by atoms with Crippen molar-refractivity contribution in [1.82, 2.24) is 15.2 Å². The van der Waals surface area contributed by atoms with Gasteiger partial charge in [0.05, 0.1) is 19.2 Å². The number of amides is 1. The molecule has 5 rings (SSSR count). The maximum atomic E-state index is 14.3. The molecule has 6 nitrogen and oxygen atoms in total. The number of fused-ring (bicyclic) bond motifs is 1. The quantitative estimate of drug-likeness (QED) is 0.247. The molecule has 1 fully saturated rings. The molecule has 0 bridgehead atoms. The van der Waals surface area contributed by atoms with Crippen LogP contribution >= 0.6 is 22.9 Å². The Bertz CT molecular complexity index is 1480. The first-order valence-electron chi connectivity index (χ1n) is 13.3. The van der Waals surface area contributed by atoms with Crippen molar-refractivity contribution in [1.29, 1.82) is 0 Å². The highest BCUT2D eigenvalue weighted by atomic mass is 35.5. The Hall–Kier alpha value is -3.13. The normalized spacial score (nSPS) is 17.3. The van der Waals surface area contributed by atoms with Crippen LogP contribution in [0.5, 0.6) is 11.6 Å². The lowest BCUT2D eigenvalue weighted by atomic mass is 9.89. The van der Waals surface area contributed by atoms with Crippen molar-refractivity contribution in [2.45, 2.75) is 51.2 Å². The molecule has 1 saturated carbocycles. The largest absolute Gasteiger partial charge is 0.496 e. The second-order valence-electron chi connectivity index (χ2n) is 10.0. The summed E-state index contributed by atoms with van der Waals surface area (Å²) in [5.41, 5.74) is 3.85. The molecule has 0 atom stereocenters. The molecule has 0 saturated heterocycles. The molecule has 0 spiro atoms. The molecule has 2 aromatic carbocycles. The van der Waals surface area contributed by atoms with E-state index in [4.69, 9.17) is 21.1 Å². The molecule has 0 aliphatic heterocycles. The predicted octanol–water partition coefficient (Wildman–Crippen LogP) is 7.12. The molecule has 0 radical (unpaired) electrons. The van der Waals surface area contributed by atoms with Gasteiger partial charge in [-0.3, -0.25) is 4.79 Å².